The standard InChI is InChI=1S/C15H23N3O2/c1-15(7-4-8-20-10-15)17-14(19)12-9-11(16)5-6-13(12)18(2)3/h5-6,9H,4,7-8,10,16H2,1-3H3,(H,17,19). The van der Waals surface area contributed by atoms with Crippen LogP contribution >= 0.6 is 0 Å². The van der Waals surface area contributed by atoms with Gasteiger partial charge in [-0.3, -0.25) is 4.79 Å². The molecule has 1 heterocycles. The topological polar surface area (TPSA) is 67.6 Å². The second-order valence-electron chi connectivity index (χ2n) is 5.84. The molecule has 1 aromatic carbocycles. The molecular formula is C15H23N3O2. The summed E-state index contributed by atoms with van der Waals surface area (Å²) in [6.45, 7) is 3.34. The summed E-state index contributed by atoms with van der Waals surface area (Å²) in [5, 5.41) is 3.09. The van der Waals surface area contributed by atoms with Gasteiger partial charge in [0.1, 0.15) is 0 Å². The van der Waals surface area contributed by atoms with Crippen molar-refractivity contribution in [3.63, 3.8) is 0 Å². The highest BCUT2D eigenvalue weighted by Gasteiger charge is 2.30. The summed E-state index contributed by atoms with van der Waals surface area (Å²) in [6.07, 6.45) is 1.90. The molecule has 3 N–H and O–H groups in total. The number of amides is 1. The third kappa shape index (κ3) is 3.22. The number of anilines is 2. The van der Waals surface area contributed by atoms with Crippen molar-refractivity contribution in [2.75, 3.05) is 37.9 Å². The van der Waals surface area contributed by atoms with E-state index in [1.807, 2.05) is 32.0 Å². The van der Waals surface area contributed by atoms with Gasteiger partial charge in [-0.15, -0.1) is 0 Å². The monoisotopic (exact) mass is 277 g/mol. The highest BCUT2D eigenvalue weighted by Crippen LogP contribution is 2.24. The van der Waals surface area contributed by atoms with E-state index in [1.54, 1.807) is 12.1 Å². The van der Waals surface area contributed by atoms with Gasteiger partial charge in [0.2, 0.25) is 0 Å². The SMILES string of the molecule is CN(C)c1ccc(N)cc1C(=O)NC1(C)CCCOC1. The lowest BCUT2D eigenvalue weighted by Crippen LogP contribution is -2.51. The molecule has 2 rings (SSSR count). The summed E-state index contributed by atoms with van der Waals surface area (Å²) < 4.78 is 5.47. The first-order valence-electron chi connectivity index (χ1n) is 6.88. The Morgan fingerprint density at radius 3 is 2.80 bits per heavy atom. The summed E-state index contributed by atoms with van der Waals surface area (Å²) in [4.78, 5) is 14.5. The Labute approximate surface area is 120 Å². The highest BCUT2D eigenvalue weighted by molar-refractivity contribution is 6.01. The van der Waals surface area contributed by atoms with Crippen LogP contribution in [0, 0.1) is 0 Å². The highest BCUT2D eigenvalue weighted by atomic mass is 16.5. The van der Waals surface area contributed by atoms with Crippen molar-refractivity contribution < 1.29 is 9.53 Å². The molecule has 110 valence electrons. The van der Waals surface area contributed by atoms with E-state index in [2.05, 4.69) is 5.32 Å². The quantitative estimate of drug-likeness (QED) is 0.824. The number of hydrogen-bond donors (Lipinski definition) is 2. The van der Waals surface area contributed by atoms with Crippen LogP contribution in [-0.4, -0.2) is 38.8 Å². The Balaban J connectivity index is 2.22. The van der Waals surface area contributed by atoms with E-state index in [0.717, 1.165) is 25.1 Å². The molecule has 20 heavy (non-hydrogen) atoms. The number of nitrogens with zero attached hydrogens (tertiary/aromatic N) is 1. The molecule has 1 aliphatic rings. The predicted molar refractivity (Wildman–Crippen MR) is 81.1 cm³/mol. The average Bonchev–Trinajstić information content (AvgIpc) is 2.38. The lowest BCUT2D eigenvalue weighted by molar-refractivity contribution is 0.0273. The number of rotatable bonds is 3. The van der Waals surface area contributed by atoms with Crippen LogP contribution in [0.5, 0.6) is 0 Å². The smallest absolute Gasteiger partial charge is 0.253 e. The van der Waals surface area contributed by atoms with E-state index in [0.29, 0.717) is 17.9 Å². The Bertz CT molecular complexity index is 494. The van der Waals surface area contributed by atoms with Crippen molar-refractivity contribution in [1.82, 2.24) is 5.32 Å². The van der Waals surface area contributed by atoms with Crippen LogP contribution in [0.3, 0.4) is 0 Å². The first-order valence-corrected chi connectivity index (χ1v) is 6.88. The lowest BCUT2D eigenvalue weighted by Gasteiger charge is -2.34. The first-order chi connectivity index (χ1) is 9.41. The number of nitrogens with two attached hydrogens (primary N) is 1. The molecule has 1 amide bonds. The van der Waals surface area contributed by atoms with Crippen LogP contribution in [0.15, 0.2) is 18.2 Å². The molecule has 5 nitrogen and oxygen atoms in total. The molecule has 5 heteroatoms. The Hall–Kier alpha value is -1.75. The predicted octanol–water partition coefficient (Wildman–Crippen LogP) is 1.63. The summed E-state index contributed by atoms with van der Waals surface area (Å²) in [5.74, 6) is -0.103. The van der Waals surface area contributed by atoms with Crippen LogP contribution in [0.4, 0.5) is 11.4 Å². The van der Waals surface area contributed by atoms with Gasteiger partial charge in [-0.2, -0.15) is 0 Å². The van der Waals surface area contributed by atoms with Gasteiger partial charge in [-0.25, -0.2) is 0 Å². The fourth-order valence-corrected chi connectivity index (χ4v) is 2.50. The van der Waals surface area contributed by atoms with Gasteiger partial charge in [0.05, 0.1) is 17.7 Å². The van der Waals surface area contributed by atoms with Gasteiger partial charge in [0, 0.05) is 32.1 Å². The van der Waals surface area contributed by atoms with E-state index < -0.39 is 0 Å². The number of hydrogen-bond acceptors (Lipinski definition) is 4. The zero-order chi connectivity index (χ0) is 14.8. The second-order valence-corrected chi connectivity index (χ2v) is 5.84. The minimum absolute atomic E-state index is 0.103. The van der Waals surface area contributed by atoms with Gasteiger partial charge in [-0.05, 0) is 38.0 Å². The number of nitrogens with one attached hydrogen (secondary N) is 1. The molecule has 0 aromatic heterocycles. The Kier molecular flexibility index (Phi) is 4.18. The Morgan fingerprint density at radius 1 is 1.45 bits per heavy atom. The number of benzene rings is 1. The molecular weight excluding hydrogens is 254 g/mol. The van der Waals surface area contributed by atoms with E-state index >= 15 is 0 Å². The van der Waals surface area contributed by atoms with Gasteiger partial charge in [0.25, 0.3) is 5.91 Å². The van der Waals surface area contributed by atoms with Crippen molar-refractivity contribution in [2.45, 2.75) is 25.3 Å². The van der Waals surface area contributed by atoms with E-state index in [-0.39, 0.29) is 11.4 Å². The fraction of sp³-hybridized carbons (Fsp3) is 0.533. The number of ether oxygens (including phenoxy) is 1. The molecule has 0 spiro atoms. The van der Waals surface area contributed by atoms with Gasteiger partial charge in [0.15, 0.2) is 0 Å². The minimum Gasteiger partial charge on any atom is -0.399 e. The maximum atomic E-state index is 12.5. The lowest BCUT2D eigenvalue weighted by atomic mass is 9.94. The van der Waals surface area contributed by atoms with Crippen LogP contribution in [0.25, 0.3) is 0 Å². The largest absolute Gasteiger partial charge is 0.399 e. The summed E-state index contributed by atoms with van der Waals surface area (Å²) in [6, 6.07) is 5.39. The number of nitrogen functional groups attached to an aromatic ring is 1. The third-order valence-electron chi connectivity index (χ3n) is 3.60. The summed E-state index contributed by atoms with van der Waals surface area (Å²) in [7, 11) is 3.82. The van der Waals surface area contributed by atoms with E-state index in [4.69, 9.17) is 10.5 Å². The zero-order valence-corrected chi connectivity index (χ0v) is 12.4. The van der Waals surface area contributed by atoms with E-state index in [1.165, 1.54) is 0 Å². The maximum absolute atomic E-state index is 12.5. The van der Waals surface area contributed by atoms with Crippen molar-refractivity contribution in [1.29, 1.82) is 0 Å². The molecule has 0 radical (unpaired) electrons. The van der Waals surface area contributed by atoms with Crippen LogP contribution in [0.2, 0.25) is 0 Å². The van der Waals surface area contributed by atoms with Crippen LogP contribution < -0.4 is 16.0 Å². The van der Waals surface area contributed by atoms with Crippen molar-refractivity contribution >= 4 is 17.3 Å². The fourth-order valence-electron chi connectivity index (χ4n) is 2.50. The van der Waals surface area contributed by atoms with Crippen molar-refractivity contribution in [3.05, 3.63) is 23.8 Å². The minimum atomic E-state index is -0.302. The molecule has 1 aliphatic heterocycles. The van der Waals surface area contributed by atoms with Crippen LogP contribution in [0.1, 0.15) is 30.1 Å². The first kappa shape index (κ1) is 14.7. The van der Waals surface area contributed by atoms with Crippen molar-refractivity contribution in [3.8, 4) is 0 Å². The summed E-state index contributed by atoms with van der Waals surface area (Å²) in [5.41, 5.74) is 7.55. The van der Waals surface area contributed by atoms with Crippen molar-refractivity contribution in [2.24, 2.45) is 0 Å². The van der Waals surface area contributed by atoms with Gasteiger partial charge < -0.3 is 20.7 Å². The van der Waals surface area contributed by atoms with Crippen LogP contribution in [-0.2, 0) is 4.74 Å². The molecule has 0 saturated carbocycles. The molecule has 0 aliphatic carbocycles. The normalized spacial score (nSPS) is 22.4. The maximum Gasteiger partial charge on any atom is 0.253 e. The molecule has 1 saturated heterocycles. The number of carbonyl (C=O) groups excluding carboxylic acids is 1. The van der Waals surface area contributed by atoms with E-state index in [9.17, 15) is 4.79 Å². The van der Waals surface area contributed by atoms with Gasteiger partial charge in [-0.1, -0.05) is 0 Å². The third-order valence-corrected chi connectivity index (χ3v) is 3.60. The zero-order valence-electron chi connectivity index (χ0n) is 12.4. The average molecular weight is 277 g/mol. The molecule has 1 fully saturated rings. The molecule has 1 aromatic rings. The molecule has 0 bridgehead atoms. The second kappa shape index (κ2) is 5.71. The van der Waals surface area contributed by atoms with Gasteiger partial charge >= 0.3 is 0 Å². The summed E-state index contributed by atoms with van der Waals surface area (Å²) >= 11 is 0. The molecule has 1 atom stereocenters. The number of carbonyl (C=O) groups is 1. The Morgan fingerprint density at radius 2 is 2.20 bits per heavy atom. The molecule has 1 unspecified atom stereocenters.